The molecule has 2 heterocycles. The van der Waals surface area contributed by atoms with E-state index in [0.717, 1.165) is 12.8 Å². The van der Waals surface area contributed by atoms with E-state index in [9.17, 15) is 28.7 Å². The molecule has 1 aliphatic heterocycles. The Morgan fingerprint density at radius 2 is 1.92 bits per heavy atom. The highest BCUT2D eigenvalue weighted by atomic mass is 35.5. The lowest BCUT2D eigenvalue weighted by Crippen LogP contribution is -2.54. The summed E-state index contributed by atoms with van der Waals surface area (Å²) in [6, 6.07) is 8.88. The maximum absolute atomic E-state index is 14.7. The van der Waals surface area contributed by atoms with Crippen molar-refractivity contribution in [1.29, 1.82) is 0 Å². The van der Waals surface area contributed by atoms with E-state index in [1.165, 1.54) is 27.8 Å². The van der Waals surface area contributed by atoms with Crippen molar-refractivity contribution in [2.24, 2.45) is 11.7 Å². The highest BCUT2D eigenvalue weighted by molar-refractivity contribution is 6.30. The minimum atomic E-state index is -1.23. The molecule has 1 saturated carbocycles. The summed E-state index contributed by atoms with van der Waals surface area (Å²) in [5.41, 5.74) is 6.02. The number of aromatic nitrogens is 2. The Morgan fingerprint density at radius 1 is 1.16 bits per heavy atom. The van der Waals surface area contributed by atoms with E-state index in [-0.39, 0.29) is 40.7 Å². The second-order valence-corrected chi connectivity index (χ2v) is 10.1. The third-order valence-corrected chi connectivity index (χ3v) is 7.66. The van der Waals surface area contributed by atoms with Crippen LogP contribution in [-0.2, 0) is 20.9 Å². The lowest BCUT2D eigenvalue weighted by molar-refractivity contribution is -0.144. The number of nitrogens with zero attached hydrogens (tertiary/aromatic N) is 3. The van der Waals surface area contributed by atoms with Gasteiger partial charge in [-0.1, -0.05) is 41.9 Å². The molecule has 4 atom stereocenters. The smallest absolute Gasteiger partial charge is 0.305 e. The molecule has 2 bridgehead atoms. The number of aliphatic carboxylic acids is 1. The van der Waals surface area contributed by atoms with Gasteiger partial charge in [0.2, 0.25) is 11.8 Å². The first-order chi connectivity index (χ1) is 18.2. The summed E-state index contributed by atoms with van der Waals surface area (Å²) in [7, 11) is 0. The zero-order valence-electron chi connectivity index (χ0n) is 20.1. The van der Waals surface area contributed by atoms with Crippen molar-refractivity contribution in [2.75, 3.05) is 0 Å². The van der Waals surface area contributed by atoms with Crippen molar-refractivity contribution < 1.29 is 28.7 Å². The summed E-state index contributed by atoms with van der Waals surface area (Å²) in [5, 5.41) is 16.6. The molecule has 2 aliphatic rings. The molecule has 1 saturated heterocycles. The lowest BCUT2D eigenvalue weighted by atomic mass is 9.96. The van der Waals surface area contributed by atoms with Crippen LogP contribution < -0.4 is 11.1 Å². The Labute approximate surface area is 221 Å². The van der Waals surface area contributed by atoms with Gasteiger partial charge in [-0.3, -0.25) is 23.9 Å². The van der Waals surface area contributed by atoms with Crippen LogP contribution in [0.2, 0.25) is 5.02 Å². The number of nitrogens with two attached hydrogens (primary N) is 1. The summed E-state index contributed by atoms with van der Waals surface area (Å²) in [6.45, 7) is -0.220. The molecule has 5 rings (SSSR count). The van der Waals surface area contributed by atoms with Crippen LogP contribution in [0.4, 0.5) is 4.39 Å². The Morgan fingerprint density at radius 3 is 2.66 bits per heavy atom. The van der Waals surface area contributed by atoms with Crippen LogP contribution >= 0.6 is 11.6 Å². The van der Waals surface area contributed by atoms with Gasteiger partial charge in [-0.2, -0.15) is 5.10 Å². The van der Waals surface area contributed by atoms with Crippen molar-refractivity contribution >= 4 is 46.2 Å². The molecule has 10 nitrogen and oxygen atoms in total. The number of hydrogen-bond donors (Lipinski definition) is 3. The van der Waals surface area contributed by atoms with Crippen LogP contribution in [0.15, 0.2) is 42.5 Å². The number of carbonyl (C=O) groups excluding carboxylic acids is 3. The summed E-state index contributed by atoms with van der Waals surface area (Å²) in [5.74, 6) is -3.80. The number of primary amides is 1. The van der Waals surface area contributed by atoms with Crippen LogP contribution in [0.1, 0.15) is 47.8 Å². The van der Waals surface area contributed by atoms with Gasteiger partial charge >= 0.3 is 5.97 Å². The van der Waals surface area contributed by atoms with Gasteiger partial charge in [0.25, 0.3) is 5.91 Å². The van der Waals surface area contributed by atoms with Gasteiger partial charge in [-0.15, -0.1) is 0 Å². The van der Waals surface area contributed by atoms with E-state index in [1.807, 2.05) is 0 Å². The first kappa shape index (κ1) is 25.7. The first-order valence-corrected chi connectivity index (χ1v) is 12.6. The molecule has 3 amide bonds. The highest BCUT2D eigenvalue weighted by Crippen LogP contribution is 2.43. The highest BCUT2D eigenvalue weighted by Gasteiger charge is 2.51. The summed E-state index contributed by atoms with van der Waals surface area (Å²) in [6.07, 6.45) is 1.53. The Kier molecular flexibility index (Phi) is 6.78. The van der Waals surface area contributed by atoms with Crippen LogP contribution in [0.25, 0.3) is 10.9 Å². The molecule has 1 aromatic heterocycles. The van der Waals surface area contributed by atoms with Gasteiger partial charge in [-0.05, 0) is 37.3 Å². The zero-order valence-corrected chi connectivity index (χ0v) is 20.9. The molecule has 2 fully saturated rings. The molecule has 3 aromatic rings. The minimum Gasteiger partial charge on any atom is -0.481 e. The number of halogens is 2. The Hall–Kier alpha value is -3.99. The number of para-hydroxylation sites is 1. The molecule has 0 radical (unpaired) electrons. The van der Waals surface area contributed by atoms with Gasteiger partial charge in [0.15, 0.2) is 5.69 Å². The Bertz CT molecular complexity index is 1460. The normalized spacial score (nSPS) is 21.0. The number of carboxylic acids is 1. The number of hydrogen-bond acceptors (Lipinski definition) is 5. The third-order valence-electron chi connectivity index (χ3n) is 7.37. The van der Waals surface area contributed by atoms with E-state index in [4.69, 9.17) is 17.3 Å². The quantitative estimate of drug-likeness (QED) is 0.399. The summed E-state index contributed by atoms with van der Waals surface area (Å²) >= 11 is 5.89. The second kappa shape index (κ2) is 10.1. The van der Waals surface area contributed by atoms with Gasteiger partial charge in [0, 0.05) is 17.0 Å². The number of carboxylic acid groups (broad SMARTS) is 1. The molecule has 38 heavy (non-hydrogen) atoms. The van der Waals surface area contributed by atoms with Crippen molar-refractivity contribution in [3.05, 3.63) is 64.6 Å². The fraction of sp³-hybridized carbons (Fsp3) is 0.346. The predicted molar refractivity (Wildman–Crippen MR) is 135 cm³/mol. The lowest BCUT2D eigenvalue weighted by Gasteiger charge is -2.35. The summed E-state index contributed by atoms with van der Waals surface area (Å²) < 4.78 is 16.1. The van der Waals surface area contributed by atoms with E-state index in [0.29, 0.717) is 17.3 Å². The average molecular weight is 542 g/mol. The second-order valence-electron chi connectivity index (χ2n) is 9.66. The number of fused-ring (bicyclic) bond motifs is 3. The molecule has 2 aromatic carbocycles. The van der Waals surface area contributed by atoms with Crippen LogP contribution in [0.3, 0.4) is 0 Å². The van der Waals surface area contributed by atoms with Gasteiger partial charge in [0.05, 0.1) is 23.0 Å². The molecular formula is C26H25ClFN5O5. The van der Waals surface area contributed by atoms with E-state index in [2.05, 4.69) is 10.4 Å². The van der Waals surface area contributed by atoms with E-state index >= 15 is 0 Å². The molecule has 12 heteroatoms. The first-order valence-electron chi connectivity index (χ1n) is 12.2. The molecule has 1 aliphatic carbocycles. The van der Waals surface area contributed by atoms with Gasteiger partial charge in [0.1, 0.15) is 18.4 Å². The van der Waals surface area contributed by atoms with Gasteiger partial charge in [-0.25, -0.2) is 4.39 Å². The number of amides is 3. The average Bonchev–Trinajstić information content (AvgIpc) is 3.58. The molecular weight excluding hydrogens is 517 g/mol. The molecule has 0 spiro atoms. The van der Waals surface area contributed by atoms with Crippen LogP contribution in [0, 0.1) is 11.7 Å². The minimum absolute atomic E-state index is 0.0451. The fourth-order valence-electron chi connectivity index (χ4n) is 5.78. The van der Waals surface area contributed by atoms with Crippen LogP contribution in [-0.4, -0.2) is 55.6 Å². The standard InChI is InChI=1S/C26H25ClFN5O5/c27-17-6-3-5-15(22(17)28)18(11-21(35)36)30-26(38)24-13-8-9-14(10-13)33(24)20(34)12-32-19-7-2-1-4-16(19)23(31-32)25(29)37/h1-7,13-14,18,24H,8-12H2,(H2,29,37)(H,30,38)(H,35,36)/t13-,14+,18?,24-/m0/s1. The SMILES string of the molecule is NC(=O)c1nn(CC(=O)N2[C@@H]3CC[C@@H](C3)[C@H]2C(=O)NC(CC(=O)O)c2cccc(Cl)c2F)c2ccccc12. The van der Waals surface area contributed by atoms with Crippen molar-refractivity contribution in [3.8, 4) is 0 Å². The number of nitrogens with one attached hydrogen (secondary N) is 1. The number of likely N-dealkylation sites (tertiary alicyclic amines) is 1. The van der Waals surface area contributed by atoms with Crippen molar-refractivity contribution in [3.63, 3.8) is 0 Å². The number of piperidine rings is 1. The maximum atomic E-state index is 14.7. The molecule has 1 unspecified atom stereocenters. The molecule has 198 valence electrons. The number of rotatable bonds is 8. The fourth-order valence-corrected chi connectivity index (χ4v) is 5.97. The largest absolute Gasteiger partial charge is 0.481 e. The predicted octanol–water partition coefficient (Wildman–Crippen LogP) is 2.64. The topological polar surface area (TPSA) is 148 Å². The van der Waals surface area contributed by atoms with Crippen LogP contribution in [0.5, 0.6) is 0 Å². The number of carbonyl (C=O) groups is 4. The summed E-state index contributed by atoms with van der Waals surface area (Å²) in [4.78, 5) is 52.0. The van der Waals surface area contributed by atoms with E-state index in [1.54, 1.807) is 24.3 Å². The number of benzene rings is 2. The monoisotopic (exact) mass is 541 g/mol. The van der Waals surface area contributed by atoms with E-state index < -0.39 is 42.1 Å². The zero-order chi connectivity index (χ0) is 27.1. The maximum Gasteiger partial charge on any atom is 0.305 e. The Balaban J connectivity index is 1.41. The molecule has 4 N–H and O–H groups in total. The van der Waals surface area contributed by atoms with Crippen molar-refractivity contribution in [2.45, 2.75) is 50.4 Å². The van der Waals surface area contributed by atoms with Gasteiger partial charge < -0.3 is 21.1 Å². The third kappa shape index (κ3) is 4.58. The van der Waals surface area contributed by atoms with Crippen molar-refractivity contribution in [1.82, 2.24) is 20.0 Å².